The van der Waals surface area contributed by atoms with E-state index in [9.17, 15) is 19.7 Å². The maximum absolute atomic E-state index is 11.8. The normalized spacial score (nSPS) is 10.3. The number of nitrogens with zero attached hydrogens (tertiary/aromatic N) is 1. The van der Waals surface area contributed by atoms with Crippen LogP contribution in [-0.4, -0.2) is 29.8 Å². The second-order valence-corrected chi connectivity index (χ2v) is 5.49. The summed E-state index contributed by atoms with van der Waals surface area (Å²) >= 11 is 0. The van der Waals surface area contributed by atoms with Gasteiger partial charge in [0.1, 0.15) is 0 Å². The summed E-state index contributed by atoms with van der Waals surface area (Å²) in [5.41, 5.74) is 1.46. The molecule has 1 heterocycles. The van der Waals surface area contributed by atoms with Crippen molar-refractivity contribution < 1.29 is 18.9 Å². The number of aryl methyl sites for hydroxylation is 1. The number of nitro benzene ring substituents is 1. The fourth-order valence-corrected chi connectivity index (χ4v) is 2.19. The third kappa shape index (κ3) is 5.45. The Labute approximate surface area is 144 Å². The van der Waals surface area contributed by atoms with Gasteiger partial charge in [0.2, 0.25) is 5.91 Å². The van der Waals surface area contributed by atoms with Crippen LogP contribution in [0.5, 0.6) is 0 Å². The van der Waals surface area contributed by atoms with Crippen LogP contribution >= 0.6 is 0 Å². The lowest BCUT2D eigenvalue weighted by Gasteiger charge is -2.06. The second-order valence-electron chi connectivity index (χ2n) is 5.49. The standard InChI is InChI=1S/C17H19N3O5/c1-12-7-10-25-16(12)17(22)19-9-2-8-18-15(21)11-13-3-5-14(6-4-13)20(23)24/h3-7,10H,2,8-9,11H2,1H3,(H,18,21)(H,19,22). The maximum Gasteiger partial charge on any atom is 0.287 e. The maximum atomic E-state index is 11.8. The molecule has 0 saturated heterocycles. The Morgan fingerprint density at radius 2 is 1.80 bits per heavy atom. The van der Waals surface area contributed by atoms with Gasteiger partial charge >= 0.3 is 0 Å². The van der Waals surface area contributed by atoms with Gasteiger partial charge in [-0.15, -0.1) is 0 Å². The first-order chi connectivity index (χ1) is 12.0. The van der Waals surface area contributed by atoms with E-state index in [2.05, 4.69) is 10.6 Å². The molecule has 8 nitrogen and oxygen atoms in total. The lowest BCUT2D eigenvalue weighted by molar-refractivity contribution is -0.384. The number of furan rings is 1. The van der Waals surface area contributed by atoms with E-state index in [1.165, 1.54) is 18.4 Å². The van der Waals surface area contributed by atoms with E-state index in [-0.39, 0.29) is 23.9 Å². The minimum atomic E-state index is -0.484. The third-order valence-electron chi connectivity index (χ3n) is 3.54. The van der Waals surface area contributed by atoms with Crippen LogP contribution in [0.4, 0.5) is 5.69 Å². The minimum absolute atomic E-state index is 0.00769. The van der Waals surface area contributed by atoms with Crippen molar-refractivity contribution in [3.63, 3.8) is 0 Å². The number of nitrogens with one attached hydrogen (secondary N) is 2. The molecule has 25 heavy (non-hydrogen) atoms. The highest BCUT2D eigenvalue weighted by Crippen LogP contribution is 2.12. The summed E-state index contributed by atoms with van der Waals surface area (Å²) in [4.78, 5) is 33.7. The zero-order chi connectivity index (χ0) is 18.2. The molecule has 0 spiro atoms. The molecule has 2 amide bonds. The van der Waals surface area contributed by atoms with Crippen molar-refractivity contribution in [2.75, 3.05) is 13.1 Å². The first-order valence-corrected chi connectivity index (χ1v) is 7.79. The molecule has 0 aliphatic carbocycles. The predicted octanol–water partition coefficient (Wildman–Crippen LogP) is 1.98. The van der Waals surface area contributed by atoms with Gasteiger partial charge in [-0.3, -0.25) is 19.7 Å². The molecule has 0 aliphatic rings. The number of nitro groups is 1. The zero-order valence-corrected chi connectivity index (χ0v) is 13.8. The second kappa shape index (κ2) is 8.62. The molecular formula is C17H19N3O5. The molecule has 0 atom stereocenters. The molecule has 132 valence electrons. The van der Waals surface area contributed by atoms with Gasteiger partial charge in [-0.05, 0) is 25.0 Å². The number of amides is 2. The van der Waals surface area contributed by atoms with Gasteiger partial charge < -0.3 is 15.1 Å². The van der Waals surface area contributed by atoms with Crippen molar-refractivity contribution in [1.82, 2.24) is 10.6 Å². The number of hydrogen-bond acceptors (Lipinski definition) is 5. The van der Waals surface area contributed by atoms with Crippen molar-refractivity contribution in [3.05, 3.63) is 63.6 Å². The molecular weight excluding hydrogens is 326 g/mol. The number of non-ortho nitro benzene ring substituents is 1. The number of benzene rings is 1. The fraction of sp³-hybridized carbons (Fsp3) is 0.294. The number of rotatable bonds is 8. The Balaban J connectivity index is 1.64. The summed E-state index contributed by atoms with van der Waals surface area (Å²) < 4.78 is 5.09. The fourth-order valence-electron chi connectivity index (χ4n) is 2.19. The van der Waals surface area contributed by atoms with Crippen molar-refractivity contribution in [2.45, 2.75) is 19.8 Å². The third-order valence-corrected chi connectivity index (χ3v) is 3.54. The van der Waals surface area contributed by atoms with Crippen molar-refractivity contribution in [3.8, 4) is 0 Å². The molecule has 0 fully saturated rings. The van der Waals surface area contributed by atoms with Crippen LogP contribution in [0, 0.1) is 17.0 Å². The van der Waals surface area contributed by atoms with Gasteiger partial charge in [0.25, 0.3) is 11.6 Å². The smallest absolute Gasteiger partial charge is 0.287 e. The van der Waals surface area contributed by atoms with E-state index in [1.54, 1.807) is 25.1 Å². The highest BCUT2D eigenvalue weighted by Gasteiger charge is 2.11. The molecule has 0 radical (unpaired) electrons. The molecule has 2 N–H and O–H groups in total. The van der Waals surface area contributed by atoms with Crippen LogP contribution in [0.3, 0.4) is 0 Å². The summed E-state index contributed by atoms with van der Waals surface area (Å²) in [5.74, 6) is -0.163. The van der Waals surface area contributed by atoms with Gasteiger partial charge in [0.15, 0.2) is 5.76 Å². The van der Waals surface area contributed by atoms with Crippen LogP contribution in [0.15, 0.2) is 41.0 Å². The van der Waals surface area contributed by atoms with Gasteiger partial charge in [0.05, 0.1) is 17.6 Å². The van der Waals surface area contributed by atoms with Gasteiger partial charge in [-0.25, -0.2) is 0 Å². The molecule has 8 heteroatoms. The summed E-state index contributed by atoms with van der Waals surface area (Å²) in [6.07, 6.45) is 2.19. The van der Waals surface area contributed by atoms with Crippen LogP contribution in [0.25, 0.3) is 0 Å². The van der Waals surface area contributed by atoms with E-state index < -0.39 is 4.92 Å². The van der Waals surface area contributed by atoms with Gasteiger partial charge in [-0.1, -0.05) is 12.1 Å². The largest absolute Gasteiger partial charge is 0.459 e. The highest BCUT2D eigenvalue weighted by atomic mass is 16.6. The Hall–Kier alpha value is -3.16. The highest BCUT2D eigenvalue weighted by molar-refractivity contribution is 5.92. The van der Waals surface area contributed by atoms with Crippen LogP contribution < -0.4 is 10.6 Å². The molecule has 1 aromatic heterocycles. The number of hydrogen-bond donors (Lipinski definition) is 2. The lowest BCUT2D eigenvalue weighted by Crippen LogP contribution is -2.30. The number of carbonyl (C=O) groups is 2. The Bertz CT molecular complexity index is 752. The van der Waals surface area contributed by atoms with E-state index in [0.717, 1.165) is 5.56 Å². The monoisotopic (exact) mass is 345 g/mol. The molecule has 0 aliphatic heterocycles. The zero-order valence-electron chi connectivity index (χ0n) is 13.8. The van der Waals surface area contributed by atoms with Crippen LogP contribution in [-0.2, 0) is 11.2 Å². The molecule has 0 bridgehead atoms. The molecule has 1 aromatic carbocycles. The molecule has 2 rings (SSSR count). The van der Waals surface area contributed by atoms with Crippen molar-refractivity contribution in [2.24, 2.45) is 0 Å². The van der Waals surface area contributed by atoms with E-state index in [4.69, 9.17) is 4.42 Å². The summed E-state index contributed by atoms with van der Waals surface area (Å²) in [7, 11) is 0. The van der Waals surface area contributed by atoms with E-state index >= 15 is 0 Å². The SMILES string of the molecule is Cc1ccoc1C(=O)NCCCNC(=O)Cc1ccc([N+](=O)[O-])cc1. The summed E-state index contributed by atoms with van der Waals surface area (Å²) in [6, 6.07) is 7.57. The van der Waals surface area contributed by atoms with Gasteiger partial charge in [-0.2, -0.15) is 0 Å². The Morgan fingerprint density at radius 3 is 2.40 bits per heavy atom. The minimum Gasteiger partial charge on any atom is -0.459 e. The van der Waals surface area contributed by atoms with E-state index in [0.29, 0.717) is 30.8 Å². The van der Waals surface area contributed by atoms with Crippen molar-refractivity contribution in [1.29, 1.82) is 0 Å². The quantitative estimate of drug-likeness (QED) is 0.431. The average Bonchev–Trinajstić information content (AvgIpc) is 3.01. The average molecular weight is 345 g/mol. The first kappa shape index (κ1) is 18.2. The van der Waals surface area contributed by atoms with Crippen LogP contribution in [0.2, 0.25) is 0 Å². The van der Waals surface area contributed by atoms with Gasteiger partial charge in [0, 0.05) is 30.8 Å². The molecule has 2 aromatic rings. The topological polar surface area (TPSA) is 114 Å². The first-order valence-electron chi connectivity index (χ1n) is 7.79. The summed E-state index contributed by atoms with van der Waals surface area (Å²) in [6.45, 7) is 2.62. The summed E-state index contributed by atoms with van der Waals surface area (Å²) in [5, 5.41) is 16.0. The van der Waals surface area contributed by atoms with E-state index in [1.807, 2.05) is 0 Å². The number of carbonyl (C=O) groups excluding carboxylic acids is 2. The van der Waals surface area contributed by atoms with Crippen LogP contribution in [0.1, 0.15) is 28.1 Å². The van der Waals surface area contributed by atoms with Crippen molar-refractivity contribution >= 4 is 17.5 Å². The lowest BCUT2D eigenvalue weighted by atomic mass is 10.1. The molecule has 0 saturated carbocycles. The Kier molecular flexibility index (Phi) is 6.27. The predicted molar refractivity (Wildman–Crippen MR) is 90.2 cm³/mol. The molecule has 0 unspecified atom stereocenters. The Morgan fingerprint density at radius 1 is 1.12 bits per heavy atom.